The van der Waals surface area contributed by atoms with Gasteiger partial charge in [-0.3, -0.25) is 4.79 Å². The summed E-state index contributed by atoms with van der Waals surface area (Å²) < 4.78 is 6.90. The van der Waals surface area contributed by atoms with Gasteiger partial charge in [-0.1, -0.05) is 35.9 Å². The molecule has 0 bridgehead atoms. The quantitative estimate of drug-likeness (QED) is 0.658. The van der Waals surface area contributed by atoms with Crippen LogP contribution in [0, 0.1) is 0 Å². The number of halogens is 1. The van der Waals surface area contributed by atoms with Crippen LogP contribution in [0.5, 0.6) is 0 Å². The number of rotatable bonds is 7. The van der Waals surface area contributed by atoms with Crippen LogP contribution in [-0.2, 0) is 16.1 Å². The molecular weight excluding hydrogens is 338 g/mol. The van der Waals surface area contributed by atoms with Crippen molar-refractivity contribution >= 4 is 28.5 Å². The molecule has 6 heteroatoms. The van der Waals surface area contributed by atoms with Crippen LogP contribution < -0.4 is 5.32 Å². The molecule has 2 aromatic carbocycles. The number of amides is 1. The highest BCUT2D eigenvalue weighted by Gasteiger charge is 2.16. The first kappa shape index (κ1) is 17.5. The van der Waals surface area contributed by atoms with E-state index in [1.165, 1.54) is 0 Å². The second-order valence-corrected chi connectivity index (χ2v) is 6.09. The second kappa shape index (κ2) is 8.14. The summed E-state index contributed by atoms with van der Waals surface area (Å²) in [6.45, 7) is 1.40. The number of aromatic nitrogens is 2. The van der Waals surface area contributed by atoms with Crippen molar-refractivity contribution in [2.24, 2.45) is 0 Å². The molecule has 0 saturated heterocycles. The van der Waals surface area contributed by atoms with E-state index >= 15 is 0 Å². The summed E-state index contributed by atoms with van der Waals surface area (Å²) in [6.07, 6.45) is 0.782. The molecule has 3 rings (SSSR count). The van der Waals surface area contributed by atoms with Gasteiger partial charge in [-0.15, -0.1) is 0 Å². The van der Waals surface area contributed by atoms with E-state index in [9.17, 15) is 4.79 Å². The fraction of sp³-hybridized carbons (Fsp3) is 0.263. The van der Waals surface area contributed by atoms with E-state index in [1.807, 2.05) is 53.1 Å². The summed E-state index contributed by atoms with van der Waals surface area (Å²) in [4.78, 5) is 17.0. The van der Waals surface area contributed by atoms with Gasteiger partial charge in [-0.25, -0.2) is 4.98 Å². The highest BCUT2D eigenvalue weighted by molar-refractivity contribution is 6.33. The number of ether oxygens (including phenoxy) is 1. The number of imidazole rings is 1. The lowest BCUT2D eigenvalue weighted by molar-refractivity contribution is -0.121. The fourth-order valence-electron chi connectivity index (χ4n) is 2.73. The molecule has 1 N–H and O–H groups in total. The third-order valence-corrected chi connectivity index (χ3v) is 4.25. The summed E-state index contributed by atoms with van der Waals surface area (Å²) in [5, 5.41) is 3.52. The Labute approximate surface area is 151 Å². The lowest BCUT2D eigenvalue weighted by atomic mass is 10.2. The molecule has 0 unspecified atom stereocenters. The summed E-state index contributed by atoms with van der Waals surface area (Å²) in [5.41, 5.74) is 2.56. The number of hydrogen-bond acceptors (Lipinski definition) is 3. The number of hydrogen-bond donors (Lipinski definition) is 1. The van der Waals surface area contributed by atoms with Gasteiger partial charge in [-0.2, -0.15) is 0 Å². The van der Waals surface area contributed by atoms with Crippen LogP contribution in [0.3, 0.4) is 0 Å². The van der Waals surface area contributed by atoms with Crippen molar-refractivity contribution in [2.45, 2.75) is 13.0 Å². The molecule has 0 aliphatic heterocycles. The standard InChI is InChI=1S/C19H20ClN3O2/c1-25-12-6-11-21-18(24)13-23-17-10-5-4-9-16(17)22-19(23)14-7-2-3-8-15(14)20/h2-5,7-10H,6,11-13H2,1H3,(H,21,24). The molecule has 1 aromatic heterocycles. The van der Waals surface area contributed by atoms with Gasteiger partial charge in [0.1, 0.15) is 12.4 Å². The molecule has 130 valence electrons. The second-order valence-electron chi connectivity index (χ2n) is 5.69. The van der Waals surface area contributed by atoms with E-state index in [0.717, 1.165) is 23.0 Å². The maximum Gasteiger partial charge on any atom is 0.240 e. The van der Waals surface area contributed by atoms with E-state index in [2.05, 4.69) is 10.3 Å². The lowest BCUT2D eigenvalue weighted by Gasteiger charge is -2.11. The van der Waals surface area contributed by atoms with Crippen LogP contribution in [0.15, 0.2) is 48.5 Å². The predicted molar refractivity (Wildman–Crippen MR) is 99.7 cm³/mol. The van der Waals surface area contributed by atoms with Gasteiger partial charge in [-0.05, 0) is 30.7 Å². The Balaban J connectivity index is 1.92. The van der Waals surface area contributed by atoms with Crippen LogP contribution in [0.25, 0.3) is 22.4 Å². The van der Waals surface area contributed by atoms with Gasteiger partial charge < -0.3 is 14.6 Å². The molecule has 0 fully saturated rings. The number of fused-ring (bicyclic) bond motifs is 1. The van der Waals surface area contributed by atoms with Crippen molar-refractivity contribution in [1.82, 2.24) is 14.9 Å². The predicted octanol–water partition coefficient (Wildman–Crippen LogP) is 3.51. The molecule has 0 saturated carbocycles. The summed E-state index contributed by atoms with van der Waals surface area (Å²) >= 11 is 6.35. The Morgan fingerprint density at radius 3 is 2.76 bits per heavy atom. The zero-order valence-corrected chi connectivity index (χ0v) is 14.8. The van der Waals surface area contributed by atoms with E-state index in [1.54, 1.807) is 7.11 Å². The minimum atomic E-state index is -0.0624. The molecule has 1 heterocycles. The first-order valence-corrected chi connectivity index (χ1v) is 8.54. The molecule has 0 atom stereocenters. The minimum absolute atomic E-state index is 0.0624. The van der Waals surface area contributed by atoms with Crippen LogP contribution in [0.1, 0.15) is 6.42 Å². The van der Waals surface area contributed by atoms with Crippen molar-refractivity contribution in [1.29, 1.82) is 0 Å². The van der Waals surface area contributed by atoms with Gasteiger partial charge in [0.05, 0.1) is 16.1 Å². The van der Waals surface area contributed by atoms with E-state index in [-0.39, 0.29) is 12.5 Å². The van der Waals surface area contributed by atoms with E-state index < -0.39 is 0 Å². The van der Waals surface area contributed by atoms with E-state index in [0.29, 0.717) is 24.0 Å². The normalized spacial score (nSPS) is 11.0. The monoisotopic (exact) mass is 357 g/mol. The van der Waals surface area contributed by atoms with Crippen LogP contribution in [-0.4, -0.2) is 35.7 Å². The van der Waals surface area contributed by atoms with Crippen molar-refractivity contribution < 1.29 is 9.53 Å². The minimum Gasteiger partial charge on any atom is -0.385 e. The molecule has 0 aliphatic rings. The topological polar surface area (TPSA) is 56.1 Å². The number of benzene rings is 2. The third-order valence-electron chi connectivity index (χ3n) is 3.92. The Morgan fingerprint density at radius 2 is 1.96 bits per heavy atom. The molecule has 5 nitrogen and oxygen atoms in total. The zero-order chi connectivity index (χ0) is 17.6. The van der Waals surface area contributed by atoms with Crippen molar-refractivity contribution in [3.05, 3.63) is 53.6 Å². The maximum atomic E-state index is 12.4. The van der Waals surface area contributed by atoms with Crippen LogP contribution >= 0.6 is 11.6 Å². The largest absolute Gasteiger partial charge is 0.385 e. The van der Waals surface area contributed by atoms with Gasteiger partial charge in [0, 0.05) is 25.8 Å². The molecule has 0 radical (unpaired) electrons. The number of nitrogens with zero attached hydrogens (tertiary/aromatic N) is 2. The fourth-order valence-corrected chi connectivity index (χ4v) is 2.95. The Bertz CT molecular complexity index is 876. The zero-order valence-electron chi connectivity index (χ0n) is 14.0. The van der Waals surface area contributed by atoms with Crippen molar-refractivity contribution in [3.63, 3.8) is 0 Å². The number of nitrogens with one attached hydrogen (secondary N) is 1. The number of para-hydroxylation sites is 2. The molecule has 0 aliphatic carbocycles. The van der Waals surface area contributed by atoms with Crippen molar-refractivity contribution in [2.75, 3.05) is 20.3 Å². The summed E-state index contributed by atoms with van der Waals surface area (Å²) in [7, 11) is 1.65. The number of methoxy groups -OCH3 is 1. The van der Waals surface area contributed by atoms with Gasteiger partial charge in [0.2, 0.25) is 5.91 Å². The molecular formula is C19H20ClN3O2. The summed E-state index contributed by atoms with van der Waals surface area (Å²) in [6, 6.07) is 15.3. The Morgan fingerprint density at radius 1 is 1.20 bits per heavy atom. The molecule has 0 spiro atoms. The molecule has 25 heavy (non-hydrogen) atoms. The van der Waals surface area contributed by atoms with Crippen LogP contribution in [0.2, 0.25) is 5.02 Å². The average molecular weight is 358 g/mol. The van der Waals surface area contributed by atoms with Gasteiger partial charge >= 0.3 is 0 Å². The average Bonchev–Trinajstić information content (AvgIpc) is 2.98. The SMILES string of the molecule is COCCCNC(=O)Cn1c(-c2ccccc2Cl)nc2ccccc21. The first-order chi connectivity index (χ1) is 12.2. The Kier molecular flexibility index (Phi) is 5.68. The highest BCUT2D eigenvalue weighted by atomic mass is 35.5. The smallest absolute Gasteiger partial charge is 0.240 e. The molecule has 1 amide bonds. The van der Waals surface area contributed by atoms with Gasteiger partial charge in [0.25, 0.3) is 0 Å². The Hall–Kier alpha value is -2.37. The lowest BCUT2D eigenvalue weighted by Crippen LogP contribution is -2.29. The third kappa shape index (κ3) is 4.00. The number of carbonyl (C=O) groups is 1. The summed E-state index contributed by atoms with van der Waals surface area (Å²) in [5.74, 6) is 0.631. The maximum absolute atomic E-state index is 12.4. The van der Waals surface area contributed by atoms with Crippen LogP contribution in [0.4, 0.5) is 0 Å². The van der Waals surface area contributed by atoms with E-state index in [4.69, 9.17) is 16.3 Å². The van der Waals surface area contributed by atoms with Gasteiger partial charge in [0.15, 0.2) is 0 Å². The highest BCUT2D eigenvalue weighted by Crippen LogP contribution is 2.30. The molecule has 3 aromatic rings. The number of carbonyl (C=O) groups excluding carboxylic acids is 1. The van der Waals surface area contributed by atoms with Crippen molar-refractivity contribution in [3.8, 4) is 11.4 Å². The first-order valence-electron chi connectivity index (χ1n) is 8.16.